The molecule has 2 aliphatic rings. The number of aryl methyl sites for hydroxylation is 1. The number of carbonyl (C=O) groups is 1. The van der Waals surface area contributed by atoms with Gasteiger partial charge in [-0.3, -0.25) is 4.79 Å². The summed E-state index contributed by atoms with van der Waals surface area (Å²) in [6, 6.07) is 6.70. The van der Waals surface area contributed by atoms with Gasteiger partial charge in [0.05, 0.1) is 0 Å². The van der Waals surface area contributed by atoms with Gasteiger partial charge in [-0.1, -0.05) is 26.2 Å². The average Bonchev–Trinajstić information content (AvgIpc) is 2.65. The molecule has 1 atom stereocenters. The molecule has 1 unspecified atom stereocenters. The van der Waals surface area contributed by atoms with Gasteiger partial charge >= 0.3 is 0 Å². The summed E-state index contributed by atoms with van der Waals surface area (Å²) in [6.45, 7) is 8.87. The summed E-state index contributed by atoms with van der Waals surface area (Å²) in [6.07, 6.45) is 8.43. The molecule has 4 heteroatoms. The third-order valence-electron chi connectivity index (χ3n) is 6.63. The molecular weight excluding hydrogens is 346 g/mol. The van der Waals surface area contributed by atoms with Crippen molar-refractivity contribution in [1.29, 1.82) is 5.26 Å². The number of rotatable bonds is 3. The molecule has 1 N–H and O–H groups in total. The van der Waals surface area contributed by atoms with Crippen LogP contribution in [-0.2, 0) is 4.79 Å². The van der Waals surface area contributed by atoms with Crippen LogP contribution >= 0.6 is 0 Å². The molecule has 1 aliphatic carbocycles. The van der Waals surface area contributed by atoms with E-state index in [1.807, 2.05) is 0 Å². The molecule has 1 aliphatic heterocycles. The predicted molar refractivity (Wildman–Crippen MR) is 115 cm³/mol. The maximum atomic E-state index is 12.6. The maximum absolute atomic E-state index is 12.6. The largest absolute Gasteiger partial charge is 0.369 e. The number of amides is 1. The van der Waals surface area contributed by atoms with Crippen molar-refractivity contribution in [3.8, 4) is 6.07 Å². The molecule has 150 valence electrons. The van der Waals surface area contributed by atoms with Gasteiger partial charge in [-0.2, -0.15) is 5.26 Å². The second kappa shape index (κ2) is 7.99. The Morgan fingerprint density at radius 1 is 1.29 bits per heavy atom. The van der Waals surface area contributed by atoms with Gasteiger partial charge in [-0.15, -0.1) is 0 Å². The highest BCUT2D eigenvalue weighted by molar-refractivity contribution is 6.02. The zero-order valence-corrected chi connectivity index (χ0v) is 17.9. The summed E-state index contributed by atoms with van der Waals surface area (Å²) in [5.41, 5.74) is 4.93. The second-order valence-corrected chi connectivity index (χ2v) is 9.22. The van der Waals surface area contributed by atoms with Crippen LogP contribution in [0.1, 0.15) is 81.9 Å². The van der Waals surface area contributed by atoms with E-state index in [0.717, 1.165) is 43.2 Å². The Bertz CT molecular complexity index is 825. The standard InChI is InChI=1S/C24H33N3O/c1-16-11-22-21(17(2)14-24(3,4)27(22)5)13-18(16)12-19(15-25)23(28)26-20-9-7-6-8-10-20/h11-13,17,20H,6-10,14H2,1-5H3,(H,26,28)/b19-12+. The van der Waals surface area contributed by atoms with Crippen LogP contribution in [0.5, 0.6) is 0 Å². The van der Waals surface area contributed by atoms with Crippen molar-refractivity contribution in [1.82, 2.24) is 5.32 Å². The van der Waals surface area contributed by atoms with Gasteiger partial charge in [0, 0.05) is 24.3 Å². The minimum absolute atomic E-state index is 0.119. The van der Waals surface area contributed by atoms with Gasteiger partial charge in [-0.25, -0.2) is 0 Å². The minimum Gasteiger partial charge on any atom is -0.369 e. The predicted octanol–water partition coefficient (Wildman–Crippen LogP) is 5.07. The normalized spacial score (nSPS) is 22.4. The third kappa shape index (κ3) is 4.09. The molecule has 0 radical (unpaired) electrons. The molecule has 4 nitrogen and oxygen atoms in total. The summed E-state index contributed by atoms with van der Waals surface area (Å²) in [5.74, 6) is 0.202. The number of nitrogens with one attached hydrogen (secondary N) is 1. The lowest BCUT2D eigenvalue weighted by Crippen LogP contribution is -2.45. The molecule has 3 rings (SSSR count). The average molecular weight is 380 g/mol. The van der Waals surface area contributed by atoms with Gasteiger partial charge in [0.25, 0.3) is 5.91 Å². The Hall–Kier alpha value is -2.28. The summed E-state index contributed by atoms with van der Waals surface area (Å²) in [5, 5.41) is 12.7. The van der Waals surface area contributed by atoms with Crippen molar-refractivity contribution in [2.45, 2.75) is 83.7 Å². The molecule has 1 aromatic rings. The highest BCUT2D eigenvalue weighted by atomic mass is 16.1. The quantitative estimate of drug-likeness (QED) is 0.589. The van der Waals surface area contributed by atoms with Gasteiger partial charge in [0.1, 0.15) is 11.6 Å². The number of hydrogen-bond acceptors (Lipinski definition) is 3. The Balaban J connectivity index is 1.89. The lowest BCUT2D eigenvalue weighted by molar-refractivity contribution is -0.117. The van der Waals surface area contributed by atoms with E-state index < -0.39 is 0 Å². The Kier molecular flexibility index (Phi) is 5.84. The van der Waals surface area contributed by atoms with E-state index in [2.05, 4.69) is 63.2 Å². The van der Waals surface area contributed by atoms with Gasteiger partial charge in [0.15, 0.2) is 0 Å². The molecule has 1 aromatic carbocycles. The number of nitriles is 1. The molecule has 1 saturated carbocycles. The van der Waals surface area contributed by atoms with Gasteiger partial charge in [-0.05, 0) is 80.9 Å². The van der Waals surface area contributed by atoms with E-state index in [4.69, 9.17) is 0 Å². The lowest BCUT2D eigenvalue weighted by Gasteiger charge is -2.45. The van der Waals surface area contributed by atoms with Crippen molar-refractivity contribution in [2.75, 3.05) is 11.9 Å². The fourth-order valence-corrected chi connectivity index (χ4v) is 4.70. The van der Waals surface area contributed by atoms with Crippen LogP contribution in [0.2, 0.25) is 0 Å². The van der Waals surface area contributed by atoms with E-state index >= 15 is 0 Å². The van der Waals surface area contributed by atoms with Crippen LogP contribution in [0.25, 0.3) is 6.08 Å². The molecule has 0 aromatic heterocycles. The van der Waals surface area contributed by atoms with Crippen LogP contribution < -0.4 is 10.2 Å². The summed E-state index contributed by atoms with van der Waals surface area (Å²) >= 11 is 0. The molecule has 0 spiro atoms. The van der Waals surface area contributed by atoms with Crippen LogP contribution in [-0.4, -0.2) is 24.5 Å². The lowest BCUT2D eigenvalue weighted by atomic mass is 9.79. The van der Waals surface area contributed by atoms with Crippen molar-refractivity contribution in [3.63, 3.8) is 0 Å². The highest BCUT2D eigenvalue weighted by Gasteiger charge is 2.34. The monoisotopic (exact) mass is 379 g/mol. The van der Waals surface area contributed by atoms with Gasteiger partial charge in [0.2, 0.25) is 0 Å². The first-order valence-electron chi connectivity index (χ1n) is 10.5. The summed E-state index contributed by atoms with van der Waals surface area (Å²) in [7, 11) is 2.15. The number of nitrogens with zero attached hydrogens (tertiary/aromatic N) is 2. The van der Waals surface area contributed by atoms with Crippen LogP contribution in [0, 0.1) is 18.3 Å². The van der Waals surface area contributed by atoms with E-state index in [9.17, 15) is 10.1 Å². The van der Waals surface area contributed by atoms with E-state index in [0.29, 0.717) is 5.92 Å². The molecule has 0 saturated heterocycles. The number of fused-ring (bicyclic) bond motifs is 1. The van der Waals surface area contributed by atoms with Crippen molar-refractivity contribution >= 4 is 17.7 Å². The second-order valence-electron chi connectivity index (χ2n) is 9.22. The minimum atomic E-state index is -0.238. The Morgan fingerprint density at radius 2 is 1.96 bits per heavy atom. The Morgan fingerprint density at radius 3 is 2.61 bits per heavy atom. The van der Waals surface area contributed by atoms with E-state index in [1.165, 1.54) is 17.7 Å². The summed E-state index contributed by atoms with van der Waals surface area (Å²) in [4.78, 5) is 15.0. The molecular formula is C24H33N3O. The third-order valence-corrected chi connectivity index (χ3v) is 6.63. The number of benzene rings is 1. The molecule has 1 fully saturated rings. The SMILES string of the molecule is Cc1cc2c(cc1/C=C(\C#N)C(=O)NC1CCCCC1)C(C)CC(C)(C)N2C. The van der Waals surface area contributed by atoms with Crippen molar-refractivity contribution in [2.24, 2.45) is 0 Å². The molecule has 0 bridgehead atoms. The van der Waals surface area contributed by atoms with Crippen molar-refractivity contribution in [3.05, 3.63) is 34.4 Å². The fraction of sp³-hybridized carbons (Fsp3) is 0.583. The maximum Gasteiger partial charge on any atom is 0.262 e. The Labute approximate surface area is 169 Å². The first kappa shape index (κ1) is 20.5. The van der Waals surface area contributed by atoms with Crippen LogP contribution in [0.4, 0.5) is 5.69 Å². The van der Waals surface area contributed by atoms with Crippen molar-refractivity contribution < 1.29 is 4.79 Å². The van der Waals surface area contributed by atoms with Gasteiger partial charge < -0.3 is 10.2 Å². The number of carbonyl (C=O) groups excluding carboxylic acids is 1. The molecule has 28 heavy (non-hydrogen) atoms. The number of anilines is 1. The first-order chi connectivity index (χ1) is 13.2. The highest BCUT2D eigenvalue weighted by Crippen LogP contribution is 2.43. The first-order valence-corrected chi connectivity index (χ1v) is 10.5. The van der Waals surface area contributed by atoms with E-state index in [1.54, 1.807) is 6.08 Å². The van der Waals surface area contributed by atoms with E-state index in [-0.39, 0.29) is 23.1 Å². The molecule has 1 heterocycles. The zero-order valence-electron chi connectivity index (χ0n) is 17.9. The van der Waals surface area contributed by atoms with Crippen LogP contribution in [0.3, 0.4) is 0 Å². The summed E-state index contributed by atoms with van der Waals surface area (Å²) < 4.78 is 0. The topological polar surface area (TPSA) is 56.1 Å². The fourth-order valence-electron chi connectivity index (χ4n) is 4.70. The molecule has 1 amide bonds. The number of hydrogen-bond donors (Lipinski definition) is 1. The van der Waals surface area contributed by atoms with Crippen LogP contribution in [0.15, 0.2) is 17.7 Å². The zero-order chi connectivity index (χ0) is 20.5. The smallest absolute Gasteiger partial charge is 0.262 e.